The summed E-state index contributed by atoms with van der Waals surface area (Å²) >= 11 is 0. The molecule has 7 heteroatoms. The smallest absolute Gasteiger partial charge is 0.128 e. The number of methoxy groups -OCH3 is 1. The fraction of sp³-hybridized carbons (Fsp3) is 0.208. The lowest BCUT2D eigenvalue weighted by molar-refractivity contribution is 0.306. The van der Waals surface area contributed by atoms with Gasteiger partial charge in [-0.25, -0.2) is 0 Å². The van der Waals surface area contributed by atoms with Gasteiger partial charge in [0.2, 0.25) is 0 Å². The van der Waals surface area contributed by atoms with Crippen molar-refractivity contribution in [3.63, 3.8) is 0 Å². The summed E-state index contributed by atoms with van der Waals surface area (Å²) in [6, 6.07) is 21.9. The number of nitrogens with zero attached hydrogens (tertiary/aromatic N) is 2. The quantitative estimate of drug-likeness (QED) is 0.379. The van der Waals surface area contributed by atoms with Crippen molar-refractivity contribution in [3.05, 3.63) is 78.5 Å². The zero-order valence-corrected chi connectivity index (χ0v) is 18.3. The molecule has 0 radical (unpaired) electrons. The summed E-state index contributed by atoms with van der Waals surface area (Å²) in [6.45, 7) is 0.776. The molecule has 1 aromatic heterocycles. The van der Waals surface area contributed by atoms with Crippen molar-refractivity contribution in [3.8, 4) is 22.6 Å². The molecule has 1 heterocycles. The molecule has 0 bridgehead atoms. The van der Waals surface area contributed by atoms with Crippen molar-refractivity contribution in [2.45, 2.75) is 13.2 Å². The van der Waals surface area contributed by atoms with Gasteiger partial charge in [-0.2, -0.15) is 5.10 Å². The second kappa shape index (κ2) is 8.91. The lowest BCUT2D eigenvalue weighted by Crippen LogP contribution is -2.17. The third-order valence-corrected chi connectivity index (χ3v) is 5.97. The van der Waals surface area contributed by atoms with Gasteiger partial charge in [-0.15, -0.1) is 4.21 Å². The Morgan fingerprint density at radius 3 is 2.52 bits per heavy atom. The minimum Gasteiger partial charge on any atom is -0.615 e. The van der Waals surface area contributed by atoms with Gasteiger partial charge in [0.1, 0.15) is 23.9 Å². The fourth-order valence-electron chi connectivity index (χ4n) is 3.38. The summed E-state index contributed by atoms with van der Waals surface area (Å²) in [4.78, 5) is 0. The maximum absolute atomic E-state index is 11.4. The topological polar surface area (TPSA) is 76.4 Å². The first-order valence-corrected chi connectivity index (χ1v) is 12.0. The highest BCUT2D eigenvalue weighted by atomic mass is 32.3. The molecule has 3 aromatic carbocycles. The number of hydrogen-bond donors (Lipinski definition) is 0. The van der Waals surface area contributed by atoms with E-state index >= 15 is 0 Å². The predicted octanol–water partition coefficient (Wildman–Crippen LogP) is 4.55. The summed E-state index contributed by atoms with van der Waals surface area (Å²) in [7, 11) is -1.38. The van der Waals surface area contributed by atoms with Crippen LogP contribution in [0.3, 0.4) is 0 Å². The number of rotatable bonds is 8. The van der Waals surface area contributed by atoms with Crippen LogP contribution in [0.5, 0.6) is 11.5 Å². The molecular weight excluding hydrogens is 412 g/mol. The molecule has 0 saturated carbocycles. The molecule has 160 valence electrons. The monoisotopic (exact) mass is 436 g/mol. The standard InChI is InChI=1S/C24H24N2O4S/c1-29-22-8-6-19(7-9-22)20-5-3-4-18(14-20)17-30-23-10-11-24-21(15-23)16-25-26(24)12-13-31(2,27)28/h3-11,14-16H,12-13,17H2,1-2H3. The Labute approximate surface area is 182 Å². The molecule has 1 atom stereocenters. The molecule has 0 aliphatic heterocycles. The second-order valence-electron chi connectivity index (χ2n) is 7.44. The van der Waals surface area contributed by atoms with Gasteiger partial charge in [-0.3, -0.25) is 4.68 Å². The van der Waals surface area contributed by atoms with Crippen molar-refractivity contribution in [2.75, 3.05) is 19.1 Å². The van der Waals surface area contributed by atoms with E-state index in [1.807, 2.05) is 54.6 Å². The lowest BCUT2D eigenvalue weighted by Gasteiger charge is -2.10. The third kappa shape index (κ3) is 5.31. The molecule has 4 rings (SSSR count). The van der Waals surface area contributed by atoms with Gasteiger partial charge in [0.05, 0.1) is 31.6 Å². The van der Waals surface area contributed by atoms with Crippen molar-refractivity contribution in [1.82, 2.24) is 9.78 Å². The Morgan fingerprint density at radius 1 is 1.00 bits per heavy atom. The summed E-state index contributed by atoms with van der Waals surface area (Å²) in [5.74, 6) is 1.63. The molecule has 1 unspecified atom stereocenters. The highest BCUT2D eigenvalue weighted by molar-refractivity contribution is 7.96. The highest BCUT2D eigenvalue weighted by Crippen LogP contribution is 2.25. The Hall–Kier alpha value is -3.16. The summed E-state index contributed by atoms with van der Waals surface area (Å²) in [5, 5.41) is 5.22. The van der Waals surface area contributed by atoms with Crippen LogP contribution in [-0.2, 0) is 27.6 Å². The van der Waals surface area contributed by atoms with Gasteiger partial charge in [0.15, 0.2) is 0 Å². The van der Waals surface area contributed by atoms with Gasteiger partial charge in [0.25, 0.3) is 0 Å². The Morgan fingerprint density at radius 2 is 1.77 bits per heavy atom. The summed E-state index contributed by atoms with van der Waals surface area (Å²) in [6.07, 6.45) is 2.96. The number of sulfone groups is 1. The molecule has 0 saturated heterocycles. The van der Waals surface area contributed by atoms with E-state index in [0.717, 1.165) is 39.1 Å². The molecule has 4 aromatic rings. The molecule has 0 N–H and O–H groups in total. The van der Waals surface area contributed by atoms with E-state index in [-0.39, 0.29) is 5.75 Å². The zero-order chi connectivity index (χ0) is 21.8. The first-order chi connectivity index (χ1) is 14.9. The number of fused-ring (bicyclic) bond motifs is 1. The van der Waals surface area contributed by atoms with Gasteiger partial charge in [0, 0.05) is 15.6 Å². The lowest BCUT2D eigenvalue weighted by atomic mass is 10.0. The predicted molar refractivity (Wildman–Crippen MR) is 122 cm³/mol. The number of aromatic nitrogens is 2. The zero-order valence-electron chi connectivity index (χ0n) is 17.5. The Bertz CT molecular complexity index is 1230. The maximum atomic E-state index is 11.4. The van der Waals surface area contributed by atoms with E-state index in [0.29, 0.717) is 13.2 Å². The van der Waals surface area contributed by atoms with E-state index in [1.54, 1.807) is 18.0 Å². The van der Waals surface area contributed by atoms with Crippen LogP contribution in [0.25, 0.3) is 22.0 Å². The van der Waals surface area contributed by atoms with Gasteiger partial charge >= 0.3 is 0 Å². The summed E-state index contributed by atoms with van der Waals surface area (Å²) in [5.41, 5.74) is 4.19. The number of ether oxygens (including phenoxy) is 2. The normalized spacial score (nSPS) is 13.1. The van der Waals surface area contributed by atoms with Crippen LogP contribution < -0.4 is 9.47 Å². The van der Waals surface area contributed by atoms with Crippen LogP contribution in [-0.4, -0.2) is 33.5 Å². The van der Waals surface area contributed by atoms with E-state index in [1.165, 1.54) is 6.26 Å². The maximum Gasteiger partial charge on any atom is 0.128 e. The van der Waals surface area contributed by atoms with Crippen LogP contribution in [0.15, 0.2) is 72.9 Å². The molecule has 0 aliphatic carbocycles. The van der Waals surface area contributed by atoms with Crippen molar-refractivity contribution in [1.29, 1.82) is 0 Å². The van der Waals surface area contributed by atoms with Crippen LogP contribution in [0.4, 0.5) is 0 Å². The average molecular weight is 437 g/mol. The number of benzene rings is 3. The van der Waals surface area contributed by atoms with Crippen molar-refractivity contribution in [2.24, 2.45) is 0 Å². The van der Waals surface area contributed by atoms with E-state index < -0.39 is 10.2 Å². The third-order valence-electron chi connectivity index (χ3n) is 5.04. The van der Waals surface area contributed by atoms with Crippen LogP contribution >= 0.6 is 0 Å². The Balaban J connectivity index is 1.44. The fourth-order valence-corrected chi connectivity index (χ4v) is 3.88. The molecule has 31 heavy (non-hydrogen) atoms. The second-order valence-corrected chi connectivity index (χ2v) is 9.70. The first kappa shape index (κ1) is 21.1. The minimum absolute atomic E-state index is 0.0621. The van der Waals surface area contributed by atoms with Crippen LogP contribution in [0.1, 0.15) is 5.56 Å². The largest absolute Gasteiger partial charge is 0.615 e. The number of aryl methyl sites for hydroxylation is 1. The van der Waals surface area contributed by atoms with Gasteiger partial charge in [-0.05, 0) is 53.1 Å². The van der Waals surface area contributed by atoms with E-state index in [9.17, 15) is 8.76 Å². The van der Waals surface area contributed by atoms with Crippen LogP contribution in [0.2, 0.25) is 0 Å². The molecule has 0 spiro atoms. The molecule has 0 amide bonds. The number of hydrogen-bond acceptors (Lipinski definition) is 5. The first-order valence-electron chi connectivity index (χ1n) is 9.91. The highest BCUT2D eigenvalue weighted by Gasteiger charge is 2.10. The Kier molecular flexibility index (Phi) is 6.06. The van der Waals surface area contributed by atoms with Gasteiger partial charge in [-0.1, -0.05) is 30.3 Å². The van der Waals surface area contributed by atoms with Crippen molar-refractivity contribution < 1.29 is 18.2 Å². The van der Waals surface area contributed by atoms with E-state index in [2.05, 4.69) is 17.2 Å². The van der Waals surface area contributed by atoms with Crippen molar-refractivity contribution >= 4 is 21.1 Å². The molecule has 6 nitrogen and oxygen atoms in total. The molecular formula is C24H24N2O4S. The summed E-state index contributed by atoms with van der Waals surface area (Å²) < 4.78 is 35.8. The molecule has 0 aliphatic rings. The van der Waals surface area contributed by atoms with Gasteiger partial charge < -0.3 is 14.0 Å². The van der Waals surface area contributed by atoms with Crippen LogP contribution in [0, 0.1) is 0 Å². The molecule has 0 fully saturated rings. The van der Waals surface area contributed by atoms with E-state index in [4.69, 9.17) is 9.47 Å². The minimum atomic E-state index is -3.04. The average Bonchev–Trinajstić information content (AvgIpc) is 3.18. The SMILES string of the molecule is COc1ccc(-c2cccc(COc3ccc4c(cnn4CC[S+](C)(=O)[O-])c3)c2)cc1.